The molecule has 1 fully saturated rings. The van der Waals surface area contributed by atoms with Crippen LogP contribution in [0.4, 0.5) is 0 Å². The van der Waals surface area contributed by atoms with E-state index in [2.05, 4.69) is 25.8 Å². The molecule has 0 aromatic heterocycles. The molecule has 1 nitrogen and oxygen atoms in total. The van der Waals surface area contributed by atoms with Crippen molar-refractivity contribution < 1.29 is 0 Å². The fourth-order valence-corrected chi connectivity index (χ4v) is 2.45. The number of likely N-dealkylation sites (tertiary alicyclic amines) is 1. The van der Waals surface area contributed by atoms with E-state index in [-0.39, 0.29) is 0 Å². The molecule has 0 spiro atoms. The van der Waals surface area contributed by atoms with Crippen LogP contribution < -0.4 is 0 Å². The summed E-state index contributed by atoms with van der Waals surface area (Å²) in [7, 11) is 2.31. The third-order valence-corrected chi connectivity index (χ3v) is 3.42. The first-order valence-corrected chi connectivity index (χ1v) is 5.51. The normalized spacial score (nSPS) is 33.2. The van der Waals surface area contributed by atoms with Gasteiger partial charge < -0.3 is 4.90 Å². The molecule has 1 heteroatoms. The number of hydrogen-bond donors (Lipinski definition) is 0. The van der Waals surface area contributed by atoms with Crippen LogP contribution in [0.5, 0.6) is 0 Å². The summed E-state index contributed by atoms with van der Waals surface area (Å²) in [5.41, 5.74) is 0. The van der Waals surface area contributed by atoms with E-state index in [1.54, 1.807) is 0 Å². The van der Waals surface area contributed by atoms with Crippen LogP contribution in [0.15, 0.2) is 0 Å². The third-order valence-electron chi connectivity index (χ3n) is 3.42. The highest BCUT2D eigenvalue weighted by Crippen LogP contribution is 2.23. The fourth-order valence-electron chi connectivity index (χ4n) is 2.45. The van der Waals surface area contributed by atoms with Gasteiger partial charge >= 0.3 is 0 Å². The molecule has 0 aliphatic carbocycles. The van der Waals surface area contributed by atoms with Crippen molar-refractivity contribution in [3.63, 3.8) is 0 Å². The van der Waals surface area contributed by atoms with Crippen LogP contribution in [0, 0.1) is 0 Å². The van der Waals surface area contributed by atoms with Gasteiger partial charge in [-0.05, 0) is 32.7 Å². The maximum Gasteiger partial charge on any atom is 0.00925 e. The summed E-state index contributed by atoms with van der Waals surface area (Å²) >= 11 is 0. The molecule has 0 saturated carbocycles. The third kappa shape index (κ3) is 2.22. The molecule has 0 N–H and O–H groups in total. The SMILES string of the molecule is CCC1CCCCC(CC)N1C. The molecule has 1 rings (SSSR count). The highest BCUT2D eigenvalue weighted by atomic mass is 15.2. The van der Waals surface area contributed by atoms with E-state index >= 15 is 0 Å². The monoisotopic (exact) mass is 169 g/mol. The van der Waals surface area contributed by atoms with Gasteiger partial charge in [-0.3, -0.25) is 0 Å². The Labute approximate surface area is 77.1 Å². The summed E-state index contributed by atoms with van der Waals surface area (Å²) in [6.07, 6.45) is 8.38. The van der Waals surface area contributed by atoms with E-state index in [1.165, 1.54) is 38.5 Å². The van der Waals surface area contributed by atoms with E-state index in [0.29, 0.717) is 0 Å². The zero-order valence-electron chi connectivity index (χ0n) is 8.84. The topological polar surface area (TPSA) is 3.24 Å². The molecule has 72 valence electrons. The lowest BCUT2D eigenvalue weighted by Crippen LogP contribution is -2.37. The maximum atomic E-state index is 2.62. The van der Waals surface area contributed by atoms with Crippen LogP contribution in [0.1, 0.15) is 52.4 Å². The molecule has 0 amide bonds. The van der Waals surface area contributed by atoms with Gasteiger partial charge in [0.15, 0.2) is 0 Å². The van der Waals surface area contributed by atoms with E-state index in [0.717, 1.165) is 12.1 Å². The Morgan fingerprint density at radius 1 is 1.00 bits per heavy atom. The molecule has 1 aliphatic rings. The zero-order valence-corrected chi connectivity index (χ0v) is 8.84. The minimum absolute atomic E-state index is 0.859. The lowest BCUT2D eigenvalue weighted by Gasteiger charge is -2.31. The van der Waals surface area contributed by atoms with Gasteiger partial charge in [-0.2, -0.15) is 0 Å². The van der Waals surface area contributed by atoms with Gasteiger partial charge in [-0.15, -0.1) is 0 Å². The Balaban J connectivity index is 2.53. The molecule has 0 aromatic rings. The van der Waals surface area contributed by atoms with Gasteiger partial charge in [-0.25, -0.2) is 0 Å². The molecule has 2 unspecified atom stereocenters. The molecule has 12 heavy (non-hydrogen) atoms. The van der Waals surface area contributed by atoms with Gasteiger partial charge in [0, 0.05) is 12.1 Å². The number of rotatable bonds is 2. The molecule has 1 heterocycles. The Morgan fingerprint density at radius 2 is 1.42 bits per heavy atom. The molecular weight excluding hydrogens is 146 g/mol. The van der Waals surface area contributed by atoms with Gasteiger partial charge in [0.25, 0.3) is 0 Å². The standard InChI is InChI=1S/C11H23N/c1-4-10-8-6-7-9-11(5-2)12(10)3/h10-11H,4-9H2,1-3H3. The van der Waals surface area contributed by atoms with Crippen LogP contribution in [0.25, 0.3) is 0 Å². The number of nitrogens with zero attached hydrogens (tertiary/aromatic N) is 1. The average Bonchev–Trinajstić information content (AvgIpc) is 2.27. The van der Waals surface area contributed by atoms with Crippen molar-refractivity contribution in [3.05, 3.63) is 0 Å². The first-order chi connectivity index (χ1) is 5.79. The summed E-state index contributed by atoms with van der Waals surface area (Å²) in [5, 5.41) is 0. The van der Waals surface area contributed by atoms with Crippen LogP contribution in [-0.4, -0.2) is 24.0 Å². The largest absolute Gasteiger partial charge is 0.300 e. The molecule has 0 bridgehead atoms. The molecular formula is C11H23N. The minimum Gasteiger partial charge on any atom is -0.300 e. The Kier molecular flexibility index (Phi) is 4.07. The first kappa shape index (κ1) is 10.0. The van der Waals surface area contributed by atoms with E-state index in [9.17, 15) is 0 Å². The second kappa shape index (κ2) is 4.86. The number of hydrogen-bond acceptors (Lipinski definition) is 1. The minimum atomic E-state index is 0.859. The van der Waals surface area contributed by atoms with Crippen molar-refractivity contribution in [3.8, 4) is 0 Å². The Bertz CT molecular complexity index is 108. The average molecular weight is 169 g/mol. The van der Waals surface area contributed by atoms with E-state index < -0.39 is 0 Å². The van der Waals surface area contributed by atoms with E-state index in [1.807, 2.05) is 0 Å². The second-order valence-corrected chi connectivity index (χ2v) is 4.07. The van der Waals surface area contributed by atoms with Gasteiger partial charge in [-0.1, -0.05) is 26.7 Å². The quantitative estimate of drug-likeness (QED) is 0.614. The van der Waals surface area contributed by atoms with Crippen molar-refractivity contribution in [2.45, 2.75) is 64.5 Å². The highest BCUT2D eigenvalue weighted by molar-refractivity contribution is 4.78. The first-order valence-electron chi connectivity index (χ1n) is 5.51. The van der Waals surface area contributed by atoms with E-state index in [4.69, 9.17) is 0 Å². The zero-order chi connectivity index (χ0) is 8.97. The second-order valence-electron chi connectivity index (χ2n) is 4.07. The lowest BCUT2D eigenvalue weighted by atomic mass is 10.1. The highest BCUT2D eigenvalue weighted by Gasteiger charge is 2.22. The molecule has 0 aromatic carbocycles. The van der Waals surface area contributed by atoms with Crippen molar-refractivity contribution >= 4 is 0 Å². The Hall–Kier alpha value is -0.0400. The summed E-state index contributed by atoms with van der Waals surface area (Å²) in [5.74, 6) is 0. The van der Waals surface area contributed by atoms with Crippen molar-refractivity contribution in [2.75, 3.05) is 7.05 Å². The predicted octanol–water partition coefficient (Wildman–Crippen LogP) is 3.05. The fraction of sp³-hybridized carbons (Fsp3) is 1.00. The van der Waals surface area contributed by atoms with Gasteiger partial charge in [0.1, 0.15) is 0 Å². The van der Waals surface area contributed by atoms with Crippen LogP contribution in [-0.2, 0) is 0 Å². The van der Waals surface area contributed by atoms with Crippen molar-refractivity contribution in [2.24, 2.45) is 0 Å². The lowest BCUT2D eigenvalue weighted by molar-refractivity contribution is 0.166. The molecule has 1 saturated heterocycles. The summed E-state index contributed by atoms with van der Waals surface area (Å²) < 4.78 is 0. The molecule has 1 aliphatic heterocycles. The van der Waals surface area contributed by atoms with Crippen LogP contribution in [0.3, 0.4) is 0 Å². The van der Waals surface area contributed by atoms with Gasteiger partial charge in [0.2, 0.25) is 0 Å². The van der Waals surface area contributed by atoms with Crippen molar-refractivity contribution in [1.82, 2.24) is 4.90 Å². The molecule has 2 atom stereocenters. The van der Waals surface area contributed by atoms with Crippen LogP contribution in [0.2, 0.25) is 0 Å². The smallest absolute Gasteiger partial charge is 0.00925 e. The summed E-state index contributed by atoms with van der Waals surface area (Å²) in [4.78, 5) is 2.62. The van der Waals surface area contributed by atoms with Crippen LogP contribution >= 0.6 is 0 Å². The maximum absolute atomic E-state index is 2.62. The Morgan fingerprint density at radius 3 is 1.75 bits per heavy atom. The van der Waals surface area contributed by atoms with Crippen molar-refractivity contribution in [1.29, 1.82) is 0 Å². The predicted molar refractivity (Wildman–Crippen MR) is 54.4 cm³/mol. The summed E-state index contributed by atoms with van der Waals surface area (Å²) in [6.45, 7) is 4.64. The summed E-state index contributed by atoms with van der Waals surface area (Å²) in [6, 6.07) is 1.72. The molecule has 0 radical (unpaired) electrons. The van der Waals surface area contributed by atoms with Gasteiger partial charge in [0.05, 0.1) is 0 Å².